The number of methoxy groups -OCH3 is 1. The average Bonchev–Trinajstić information content (AvgIpc) is 2.73. The lowest BCUT2D eigenvalue weighted by Gasteiger charge is -2.20. The summed E-state index contributed by atoms with van der Waals surface area (Å²) in [4.78, 5) is 36.4. The van der Waals surface area contributed by atoms with Gasteiger partial charge in [0.05, 0.1) is 7.11 Å². The summed E-state index contributed by atoms with van der Waals surface area (Å²) in [6.07, 6.45) is -0.626. The molecule has 2 unspecified atom stereocenters. The minimum Gasteiger partial charge on any atom is -0.508 e. The first-order valence-corrected chi connectivity index (χ1v) is 9.02. The number of carbonyl (C=O) groups is 3. The number of aromatic hydroxyl groups is 1. The third kappa shape index (κ3) is 7.17. The number of carbonyl (C=O) groups excluding carboxylic acids is 3. The summed E-state index contributed by atoms with van der Waals surface area (Å²) in [6, 6.07) is 13.5. The molecule has 29 heavy (non-hydrogen) atoms. The largest absolute Gasteiger partial charge is 0.508 e. The Morgan fingerprint density at radius 1 is 0.966 bits per heavy atom. The van der Waals surface area contributed by atoms with E-state index in [0.717, 1.165) is 5.56 Å². The van der Waals surface area contributed by atoms with Gasteiger partial charge in [0.1, 0.15) is 24.4 Å². The summed E-state index contributed by atoms with van der Waals surface area (Å²) in [6.45, 7) is 1.54. The molecule has 2 aromatic carbocycles. The van der Waals surface area contributed by atoms with Crippen molar-refractivity contribution in [3.05, 3.63) is 65.7 Å². The van der Waals surface area contributed by atoms with Gasteiger partial charge in [0.25, 0.3) is 0 Å². The number of esters is 1. The number of phenols is 1. The highest BCUT2D eigenvalue weighted by atomic mass is 16.5. The van der Waals surface area contributed by atoms with Crippen molar-refractivity contribution in [2.75, 3.05) is 7.11 Å². The first-order chi connectivity index (χ1) is 13.9. The van der Waals surface area contributed by atoms with Crippen molar-refractivity contribution in [1.29, 1.82) is 0 Å². The molecular weight excluding hydrogens is 376 g/mol. The molecule has 2 rings (SSSR count). The van der Waals surface area contributed by atoms with Crippen LogP contribution in [0.25, 0.3) is 0 Å². The zero-order chi connectivity index (χ0) is 21.2. The molecular formula is C21H24N2O6. The number of amides is 2. The topological polar surface area (TPSA) is 114 Å². The number of alkyl carbamates (subject to hydrolysis) is 1. The smallest absolute Gasteiger partial charge is 0.408 e. The maximum Gasteiger partial charge on any atom is 0.408 e. The van der Waals surface area contributed by atoms with E-state index in [0.29, 0.717) is 5.56 Å². The van der Waals surface area contributed by atoms with E-state index in [-0.39, 0.29) is 18.8 Å². The van der Waals surface area contributed by atoms with Crippen molar-refractivity contribution in [1.82, 2.24) is 10.6 Å². The van der Waals surface area contributed by atoms with Crippen molar-refractivity contribution in [3.8, 4) is 5.75 Å². The molecule has 2 atom stereocenters. The highest BCUT2D eigenvalue weighted by Gasteiger charge is 2.25. The predicted octanol–water partition coefficient (Wildman–Crippen LogP) is 1.91. The molecule has 8 heteroatoms. The zero-order valence-electron chi connectivity index (χ0n) is 16.3. The Morgan fingerprint density at radius 2 is 1.62 bits per heavy atom. The highest BCUT2D eigenvalue weighted by molar-refractivity contribution is 5.89. The minimum absolute atomic E-state index is 0.0544. The van der Waals surface area contributed by atoms with Crippen molar-refractivity contribution in [3.63, 3.8) is 0 Å². The molecule has 154 valence electrons. The zero-order valence-corrected chi connectivity index (χ0v) is 16.3. The molecule has 0 radical (unpaired) electrons. The van der Waals surface area contributed by atoms with Crippen LogP contribution in [0.3, 0.4) is 0 Å². The second-order valence-electron chi connectivity index (χ2n) is 6.38. The number of rotatable bonds is 8. The quantitative estimate of drug-likeness (QED) is 0.583. The van der Waals surface area contributed by atoms with Crippen molar-refractivity contribution in [2.45, 2.75) is 32.0 Å². The van der Waals surface area contributed by atoms with Crippen molar-refractivity contribution in [2.24, 2.45) is 0 Å². The number of nitrogens with one attached hydrogen (secondary N) is 2. The minimum atomic E-state index is -0.991. The van der Waals surface area contributed by atoms with E-state index in [1.807, 2.05) is 30.3 Å². The van der Waals surface area contributed by atoms with E-state index in [9.17, 15) is 19.5 Å². The van der Waals surface area contributed by atoms with E-state index >= 15 is 0 Å². The van der Waals surface area contributed by atoms with Crippen LogP contribution in [-0.2, 0) is 32.1 Å². The van der Waals surface area contributed by atoms with Crippen LogP contribution < -0.4 is 10.6 Å². The number of ether oxygens (including phenoxy) is 2. The van der Waals surface area contributed by atoms with Crippen LogP contribution in [0, 0.1) is 0 Å². The number of hydrogen-bond donors (Lipinski definition) is 3. The van der Waals surface area contributed by atoms with Gasteiger partial charge >= 0.3 is 12.1 Å². The molecule has 3 N–H and O–H groups in total. The number of phenolic OH excluding ortho intramolecular Hbond substituents is 1. The Kier molecular flexibility index (Phi) is 8.02. The van der Waals surface area contributed by atoms with Gasteiger partial charge in [-0.05, 0) is 30.2 Å². The lowest BCUT2D eigenvalue weighted by Crippen LogP contribution is -2.52. The van der Waals surface area contributed by atoms with Gasteiger partial charge in [0, 0.05) is 6.42 Å². The lowest BCUT2D eigenvalue weighted by molar-refractivity contribution is -0.144. The molecule has 0 aromatic heterocycles. The maximum absolute atomic E-state index is 12.6. The third-order valence-electron chi connectivity index (χ3n) is 4.11. The summed E-state index contributed by atoms with van der Waals surface area (Å²) >= 11 is 0. The van der Waals surface area contributed by atoms with Gasteiger partial charge in [-0.1, -0.05) is 42.5 Å². The first-order valence-electron chi connectivity index (χ1n) is 9.02. The van der Waals surface area contributed by atoms with Crippen LogP contribution in [0.4, 0.5) is 4.79 Å². The van der Waals surface area contributed by atoms with E-state index in [2.05, 4.69) is 15.4 Å². The Labute approximate surface area is 168 Å². The lowest BCUT2D eigenvalue weighted by atomic mass is 10.0. The molecule has 2 amide bonds. The Bertz CT molecular complexity index is 823. The van der Waals surface area contributed by atoms with Crippen molar-refractivity contribution >= 4 is 18.0 Å². The molecule has 0 fully saturated rings. The number of hydrogen-bond acceptors (Lipinski definition) is 6. The monoisotopic (exact) mass is 400 g/mol. The molecule has 0 heterocycles. The molecule has 0 saturated carbocycles. The highest BCUT2D eigenvalue weighted by Crippen LogP contribution is 2.12. The van der Waals surface area contributed by atoms with Crippen LogP contribution in [0.2, 0.25) is 0 Å². The van der Waals surface area contributed by atoms with Crippen LogP contribution >= 0.6 is 0 Å². The van der Waals surface area contributed by atoms with E-state index in [4.69, 9.17) is 4.74 Å². The molecule has 0 spiro atoms. The third-order valence-corrected chi connectivity index (χ3v) is 4.11. The van der Waals surface area contributed by atoms with Gasteiger partial charge in [-0.15, -0.1) is 0 Å². The second kappa shape index (κ2) is 10.7. The van der Waals surface area contributed by atoms with E-state index < -0.39 is 30.1 Å². The van der Waals surface area contributed by atoms with Crippen LogP contribution in [0.1, 0.15) is 18.1 Å². The summed E-state index contributed by atoms with van der Waals surface area (Å²) in [5, 5.41) is 14.4. The maximum atomic E-state index is 12.6. The van der Waals surface area contributed by atoms with Crippen LogP contribution in [0.15, 0.2) is 54.6 Å². The predicted molar refractivity (Wildman–Crippen MR) is 105 cm³/mol. The van der Waals surface area contributed by atoms with Crippen LogP contribution in [-0.4, -0.2) is 42.3 Å². The number of benzene rings is 2. The molecule has 8 nitrogen and oxygen atoms in total. The van der Waals surface area contributed by atoms with Gasteiger partial charge in [0.2, 0.25) is 5.91 Å². The normalized spacial score (nSPS) is 12.3. The van der Waals surface area contributed by atoms with Gasteiger partial charge in [-0.2, -0.15) is 0 Å². The molecule has 2 aromatic rings. The average molecular weight is 400 g/mol. The molecule has 0 aliphatic heterocycles. The van der Waals surface area contributed by atoms with Gasteiger partial charge in [-0.3, -0.25) is 4.79 Å². The SMILES string of the molecule is COC(=O)C(C)NC(=O)C(Cc1ccc(O)cc1)NC(=O)OCc1ccccc1. The summed E-state index contributed by atoms with van der Waals surface area (Å²) in [5.74, 6) is -1.08. The summed E-state index contributed by atoms with van der Waals surface area (Å²) in [5.41, 5.74) is 1.51. The Hall–Kier alpha value is -3.55. The standard InChI is InChI=1S/C21H24N2O6/c1-14(20(26)28-2)22-19(25)18(12-15-8-10-17(24)11-9-15)23-21(27)29-13-16-6-4-3-5-7-16/h3-11,14,18,24H,12-13H2,1-2H3,(H,22,25)(H,23,27). The van der Waals surface area contributed by atoms with Crippen molar-refractivity contribution < 1.29 is 29.0 Å². The van der Waals surface area contributed by atoms with Crippen LogP contribution in [0.5, 0.6) is 5.75 Å². The Balaban J connectivity index is 2.04. The van der Waals surface area contributed by atoms with Gasteiger partial charge in [-0.25, -0.2) is 9.59 Å². The van der Waals surface area contributed by atoms with Gasteiger partial charge < -0.3 is 25.2 Å². The van der Waals surface area contributed by atoms with E-state index in [1.54, 1.807) is 12.1 Å². The fraction of sp³-hybridized carbons (Fsp3) is 0.286. The van der Waals surface area contributed by atoms with E-state index in [1.165, 1.54) is 26.2 Å². The Morgan fingerprint density at radius 3 is 2.24 bits per heavy atom. The summed E-state index contributed by atoms with van der Waals surface area (Å²) in [7, 11) is 1.22. The molecule has 0 saturated heterocycles. The molecule has 0 aliphatic carbocycles. The second-order valence-corrected chi connectivity index (χ2v) is 6.38. The van der Waals surface area contributed by atoms with Gasteiger partial charge in [0.15, 0.2) is 0 Å². The first kappa shape index (κ1) is 21.7. The molecule has 0 bridgehead atoms. The summed E-state index contributed by atoms with van der Waals surface area (Å²) < 4.78 is 9.78. The fourth-order valence-electron chi connectivity index (χ4n) is 2.53. The molecule has 0 aliphatic rings. The fourth-order valence-corrected chi connectivity index (χ4v) is 2.53.